The van der Waals surface area contributed by atoms with E-state index < -0.39 is 44.5 Å². The summed E-state index contributed by atoms with van der Waals surface area (Å²) < 4.78 is 51.4. The molecule has 0 aliphatic carbocycles. The van der Waals surface area contributed by atoms with Gasteiger partial charge in [-0.1, -0.05) is 6.42 Å². The van der Waals surface area contributed by atoms with Crippen LogP contribution in [0.25, 0.3) is 32.7 Å². The van der Waals surface area contributed by atoms with Crippen LogP contribution in [-0.2, 0) is 61.5 Å². The second-order valence-electron chi connectivity index (χ2n) is 22.7. The normalized spacial score (nSPS) is 13.9. The number of nitrogens with zero attached hydrogens (tertiary/aromatic N) is 9. The number of rotatable bonds is 29. The summed E-state index contributed by atoms with van der Waals surface area (Å²) in [4.78, 5) is 106. The zero-order chi connectivity index (χ0) is 65.0. The van der Waals surface area contributed by atoms with Crippen molar-refractivity contribution < 1.29 is 71.0 Å². The van der Waals surface area contributed by atoms with E-state index in [0.717, 1.165) is 29.7 Å². The number of carbonyl (C=O) groups is 7. The summed E-state index contributed by atoms with van der Waals surface area (Å²) >= 11 is 0. The Bertz CT molecular complexity index is 3710. The van der Waals surface area contributed by atoms with Gasteiger partial charge in [-0.25, -0.2) is 32.8 Å². The summed E-state index contributed by atoms with van der Waals surface area (Å²) in [5.41, 5.74) is 5.54. The molecule has 24 nitrogen and oxygen atoms in total. The molecule has 6 aromatic rings. The number of aromatic nitrogens is 3. The Morgan fingerprint density at radius 1 is 0.527 bits per heavy atom. The number of ether oxygens (including phenoxy) is 6. The average Bonchev–Trinajstić information content (AvgIpc) is 1.59. The van der Waals surface area contributed by atoms with Crippen molar-refractivity contribution in [3.05, 3.63) is 88.4 Å². The minimum absolute atomic E-state index is 0.0258. The highest BCUT2D eigenvalue weighted by Crippen LogP contribution is 2.47. The molecule has 91 heavy (non-hydrogen) atoms. The summed E-state index contributed by atoms with van der Waals surface area (Å²) in [6.07, 6.45) is 1.74. The van der Waals surface area contributed by atoms with E-state index in [1.807, 2.05) is 13.0 Å². The number of unbranched alkanes of at least 4 members (excludes halogenated alkanes) is 2. The highest BCUT2D eigenvalue weighted by molar-refractivity contribution is 7.44. The van der Waals surface area contributed by atoms with Crippen molar-refractivity contribution in [2.45, 2.75) is 119 Å². The van der Waals surface area contributed by atoms with Gasteiger partial charge >= 0.3 is 18.3 Å². The maximum atomic E-state index is 15.1. The number of anilines is 3. The van der Waals surface area contributed by atoms with Crippen molar-refractivity contribution in [3.8, 4) is 6.07 Å². The van der Waals surface area contributed by atoms with Crippen LogP contribution in [0.5, 0.6) is 0 Å². The molecule has 488 valence electrons. The first-order chi connectivity index (χ1) is 44.0. The molecular weight excluding hydrogens is 1190 g/mol. The monoisotopic (exact) mass is 1270 g/mol. The Morgan fingerprint density at radius 2 is 0.956 bits per heavy atom. The molecule has 0 N–H and O–H groups in total. The van der Waals surface area contributed by atoms with E-state index in [4.69, 9.17) is 42.7 Å². The molecule has 9 rings (SSSR count). The number of nitriles is 1. The standard InChI is InChI=1S/C66H84N9O15P/c1-10-83-36-37-85-39-38-84-35-32-68(9)61(77)57-40-48-46-26-30-70(52(46)20-23-54(48)72(57)64(80)86-11-2)63(79)59-42-50-47-27-31-71(53(47)21-24-56(50)74(59)66(82)88-13-4)62(78)58-41-49-45-25-29-69(51(45)19-22-55(49)73(58)65(81)87-12-3)60(76)18-15-14-16-33-89-91(90-34-17-28-67)75(43(5)6)44(7)8/h19-24,40-44H,10-18,25-27,29-39H2,1-9H3. The number of fused-ring (bicyclic) bond motifs is 9. The Balaban J connectivity index is 0.938. The highest BCUT2D eigenvalue weighted by Gasteiger charge is 2.38. The summed E-state index contributed by atoms with van der Waals surface area (Å²) in [5.74, 6) is -1.43. The average molecular weight is 1270 g/mol. The quantitative estimate of drug-likeness (QED) is 0.0240. The third-order valence-corrected chi connectivity index (χ3v) is 18.5. The zero-order valence-corrected chi connectivity index (χ0v) is 54.6. The molecule has 3 aromatic carbocycles. The van der Waals surface area contributed by atoms with Crippen molar-refractivity contribution in [1.82, 2.24) is 23.3 Å². The van der Waals surface area contributed by atoms with E-state index >= 15 is 9.59 Å². The molecule has 1 unspecified atom stereocenters. The Kier molecular flexibility index (Phi) is 23.1. The first kappa shape index (κ1) is 67.6. The third kappa shape index (κ3) is 14.3. The van der Waals surface area contributed by atoms with E-state index in [-0.39, 0.29) is 87.6 Å². The van der Waals surface area contributed by atoms with Crippen LogP contribution < -0.4 is 14.7 Å². The molecule has 0 radical (unpaired) electrons. The lowest BCUT2D eigenvalue weighted by Gasteiger charge is -2.35. The maximum Gasteiger partial charge on any atom is 0.419 e. The Morgan fingerprint density at radius 3 is 1.42 bits per heavy atom. The van der Waals surface area contributed by atoms with Gasteiger partial charge in [0.05, 0.1) is 95.1 Å². The largest absolute Gasteiger partial charge is 0.449 e. The van der Waals surface area contributed by atoms with E-state index in [1.165, 1.54) is 18.6 Å². The van der Waals surface area contributed by atoms with Gasteiger partial charge in [-0.2, -0.15) is 5.26 Å². The molecule has 3 aromatic heterocycles. The molecule has 25 heteroatoms. The summed E-state index contributed by atoms with van der Waals surface area (Å²) in [7, 11) is 0.273. The molecule has 0 bridgehead atoms. The fraction of sp³-hybridized carbons (Fsp3) is 0.515. The Hall–Kier alpha value is -7.75. The van der Waals surface area contributed by atoms with Crippen molar-refractivity contribution in [2.24, 2.45) is 0 Å². The molecule has 6 heterocycles. The van der Waals surface area contributed by atoms with Crippen LogP contribution in [-0.4, -0.2) is 183 Å². The highest BCUT2D eigenvalue weighted by atomic mass is 31.2. The fourth-order valence-corrected chi connectivity index (χ4v) is 14.0. The predicted molar refractivity (Wildman–Crippen MR) is 345 cm³/mol. The van der Waals surface area contributed by atoms with Crippen molar-refractivity contribution in [3.63, 3.8) is 0 Å². The second-order valence-corrected chi connectivity index (χ2v) is 24.2. The number of carbonyl (C=O) groups excluding carboxylic acids is 7. The summed E-state index contributed by atoms with van der Waals surface area (Å²) in [6.45, 7) is 19.8. The van der Waals surface area contributed by atoms with Crippen LogP contribution in [0.4, 0.5) is 31.4 Å². The number of hydrogen-bond acceptors (Lipinski definition) is 17. The van der Waals surface area contributed by atoms with Crippen molar-refractivity contribution in [1.29, 1.82) is 5.26 Å². The van der Waals surface area contributed by atoms with Crippen LogP contribution in [0.3, 0.4) is 0 Å². The lowest BCUT2D eigenvalue weighted by molar-refractivity contribution is -0.118. The predicted octanol–water partition coefficient (Wildman–Crippen LogP) is 10.9. The maximum absolute atomic E-state index is 15.1. The lowest BCUT2D eigenvalue weighted by Crippen LogP contribution is -2.33. The minimum Gasteiger partial charge on any atom is -0.449 e. The minimum atomic E-state index is -1.35. The van der Waals surface area contributed by atoms with Gasteiger partial charge in [0.2, 0.25) is 5.91 Å². The van der Waals surface area contributed by atoms with Gasteiger partial charge in [0.25, 0.3) is 26.2 Å². The topological polar surface area (TPSA) is 248 Å². The van der Waals surface area contributed by atoms with Crippen LogP contribution in [0.15, 0.2) is 54.6 Å². The van der Waals surface area contributed by atoms with Gasteiger partial charge in [0, 0.05) is 91.6 Å². The molecule has 0 spiro atoms. The third-order valence-electron chi connectivity index (χ3n) is 16.4. The van der Waals surface area contributed by atoms with Crippen LogP contribution in [0.1, 0.15) is 136 Å². The van der Waals surface area contributed by atoms with E-state index in [2.05, 4.69) is 38.4 Å². The van der Waals surface area contributed by atoms with Gasteiger partial charge in [-0.15, -0.1) is 0 Å². The van der Waals surface area contributed by atoms with Crippen LogP contribution >= 0.6 is 8.53 Å². The Labute approximate surface area is 531 Å². The van der Waals surface area contributed by atoms with Gasteiger partial charge in [0.15, 0.2) is 0 Å². The number of hydrogen-bond donors (Lipinski definition) is 0. The van der Waals surface area contributed by atoms with Gasteiger partial charge in [-0.05, 0) is 159 Å². The van der Waals surface area contributed by atoms with Crippen molar-refractivity contribution >= 4 is 100 Å². The zero-order valence-electron chi connectivity index (χ0n) is 53.7. The molecule has 3 aliphatic heterocycles. The number of amides is 4. The fourth-order valence-electron chi connectivity index (χ4n) is 12.4. The number of likely N-dealkylation sites (N-methyl/N-ethyl adjacent to an activating group) is 1. The molecule has 4 amide bonds. The second kappa shape index (κ2) is 31.0. The number of benzene rings is 3. The first-order valence-corrected chi connectivity index (χ1v) is 32.8. The van der Waals surface area contributed by atoms with Crippen molar-refractivity contribution in [2.75, 3.05) is 121 Å². The van der Waals surface area contributed by atoms with E-state index in [9.17, 15) is 24.0 Å². The van der Waals surface area contributed by atoms with Gasteiger partial charge in [0.1, 0.15) is 17.1 Å². The molecule has 0 saturated heterocycles. The molecule has 1 atom stereocenters. The summed E-state index contributed by atoms with van der Waals surface area (Å²) in [6, 6.07) is 17.9. The van der Waals surface area contributed by atoms with E-state index in [1.54, 1.807) is 91.0 Å². The van der Waals surface area contributed by atoms with Gasteiger partial charge in [-0.3, -0.25) is 19.2 Å². The molecule has 0 fully saturated rings. The van der Waals surface area contributed by atoms with Crippen LogP contribution in [0, 0.1) is 11.3 Å². The van der Waals surface area contributed by atoms with Crippen LogP contribution in [0.2, 0.25) is 0 Å². The SMILES string of the molecule is CCOCCOCCOCCN(C)C(=O)c1cc2c3c(ccc2n1C(=O)OCC)N(C(=O)c1cc2c4c(ccc2n1C(=O)OCC)N(C(=O)c1cc2c5c(ccc2n1C(=O)OCC)N(C(=O)CCCCCOP(OCCC#N)N(C(C)C)C(C)C)CC5)CC4)CC3. The lowest BCUT2D eigenvalue weighted by atomic mass is 10.1. The summed E-state index contributed by atoms with van der Waals surface area (Å²) in [5, 5.41) is 10.9. The van der Waals surface area contributed by atoms with E-state index in [0.29, 0.717) is 135 Å². The molecular formula is C66H84N9O15P. The smallest absolute Gasteiger partial charge is 0.419 e. The molecule has 0 saturated carbocycles. The van der Waals surface area contributed by atoms with Gasteiger partial charge < -0.3 is 57.1 Å². The molecule has 3 aliphatic rings. The first-order valence-electron chi connectivity index (χ1n) is 31.7.